The Bertz CT molecular complexity index is 653. The molecule has 0 spiro atoms. The molecule has 2 aromatic carbocycles. The van der Waals surface area contributed by atoms with Crippen molar-refractivity contribution in [3.05, 3.63) is 65.2 Å². The van der Waals surface area contributed by atoms with Crippen LogP contribution in [0.1, 0.15) is 21.5 Å². The van der Waals surface area contributed by atoms with Crippen LogP contribution in [0.5, 0.6) is 5.75 Å². The van der Waals surface area contributed by atoms with E-state index in [1.54, 1.807) is 12.1 Å². The van der Waals surface area contributed by atoms with E-state index in [1.807, 2.05) is 0 Å². The molecular weight excluding hydrogens is 305 g/mol. The summed E-state index contributed by atoms with van der Waals surface area (Å²) in [7, 11) is 0. The smallest absolute Gasteiger partial charge is 0.416 e. The molecule has 0 atom stereocenters. The van der Waals surface area contributed by atoms with Crippen LogP contribution in [0.25, 0.3) is 0 Å². The van der Waals surface area contributed by atoms with Gasteiger partial charge in [-0.05, 0) is 47.5 Å². The molecule has 0 fully saturated rings. The maximum absolute atomic E-state index is 12.6. The lowest BCUT2D eigenvalue weighted by Gasteiger charge is -2.10. The van der Waals surface area contributed by atoms with E-state index in [1.165, 1.54) is 24.3 Å². The standard InChI is InChI=1S/C15H10ClF3O2/c16-14(20)11-4-2-6-13(8-11)21-9-10-3-1-5-12(7-10)15(17,18)19/h1-8H,9H2. The Kier molecular flexibility index (Phi) is 4.53. The van der Waals surface area contributed by atoms with Crippen LogP contribution >= 0.6 is 11.6 Å². The van der Waals surface area contributed by atoms with Gasteiger partial charge in [0.1, 0.15) is 12.4 Å². The van der Waals surface area contributed by atoms with Crippen molar-refractivity contribution in [3.8, 4) is 5.75 Å². The van der Waals surface area contributed by atoms with Crippen LogP contribution in [0.4, 0.5) is 13.2 Å². The Labute approximate surface area is 124 Å². The molecule has 2 rings (SSSR count). The maximum Gasteiger partial charge on any atom is 0.416 e. The second-order valence-electron chi connectivity index (χ2n) is 4.29. The molecule has 21 heavy (non-hydrogen) atoms. The summed E-state index contributed by atoms with van der Waals surface area (Å²) in [4.78, 5) is 11.0. The van der Waals surface area contributed by atoms with Gasteiger partial charge in [0.05, 0.1) is 5.56 Å². The van der Waals surface area contributed by atoms with E-state index < -0.39 is 17.0 Å². The summed E-state index contributed by atoms with van der Waals surface area (Å²) in [6.45, 7) is -0.0378. The van der Waals surface area contributed by atoms with Gasteiger partial charge in [-0.2, -0.15) is 13.2 Å². The largest absolute Gasteiger partial charge is 0.489 e. The van der Waals surface area contributed by atoms with Crippen LogP contribution in [0.15, 0.2) is 48.5 Å². The monoisotopic (exact) mass is 314 g/mol. The molecule has 2 nitrogen and oxygen atoms in total. The molecule has 0 aliphatic carbocycles. The molecule has 110 valence electrons. The summed E-state index contributed by atoms with van der Waals surface area (Å²) in [5.74, 6) is 0.360. The lowest BCUT2D eigenvalue weighted by Crippen LogP contribution is -2.06. The molecule has 0 aliphatic heterocycles. The highest BCUT2D eigenvalue weighted by Crippen LogP contribution is 2.29. The van der Waals surface area contributed by atoms with Crippen LogP contribution in [0.2, 0.25) is 0 Å². The SMILES string of the molecule is O=C(Cl)c1cccc(OCc2cccc(C(F)(F)F)c2)c1. The van der Waals surface area contributed by atoms with Crippen molar-refractivity contribution >= 4 is 16.8 Å². The number of carbonyl (C=O) groups excluding carboxylic acids is 1. The van der Waals surface area contributed by atoms with Gasteiger partial charge in [0.2, 0.25) is 0 Å². The molecule has 0 saturated carbocycles. The van der Waals surface area contributed by atoms with Gasteiger partial charge in [0.15, 0.2) is 0 Å². The predicted octanol–water partition coefficient (Wildman–Crippen LogP) is 4.66. The van der Waals surface area contributed by atoms with Crippen LogP contribution in [0.3, 0.4) is 0 Å². The first kappa shape index (κ1) is 15.4. The Hall–Kier alpha value is -2.01. The quantitative estimate of drug-likeness (QED) is 0.767. The van der Waals surface area contributed by atoms with Crippen molar-refractivity contribution in [1.29, 1.82) is 0 Å². The van der Waals surface area contributed by atoms with E-state index in [9.17, 15) is 18.0 Å². The number of alkyl halides is 3. The van der Waals surface area contributed by atoms with Crippen LogP contribution in [0, 0.1) is 0 Å². The molecule has 0 unspecified atom stereocenters. The van der Waals surface area contributed by atoms with Crippen LogP contribution in [-0.2, 0) is 12.8 Å². The van der Waals surface area contributed by atoms with Gasteiger partial charge in [-0.25, -0.2) is 0 Å². The number of hydrogen-bond acceptors (Lipinski definition) is 2. The molecule has 0 bridgehead atoms. The van der Waals surface area contributed by atoms with Crippen molar-refractivity contribution in [2.24, 2.45) is 0 Å². The fourth-order valence-electron chi connectivity index (χ4n) is 1.71. The van der Waals surface area contributed by atoms with Gasteiger partial charge in [0, 0.05) is 5.56 Å². The minimum atomic E-state index is -4.39. The second-order valence-corrected chi connectivity index (χ2v) is 4.63. The lowest BCUT2D eigenvalue weighted by molar-refractivity contribution is -0.137. The van der Waals surface area contributed by atoms with Crippen molar-refractivity contribution in [2.45, 2.75) is 12.8 Å². The van der Waals surface area contributed by atoms with E-state index in [0.717, 1.165) is 12.1 Å². The Morgan fingerprint density at radius 1 is 1.10 bits per heavy atom. The van der Waals surface area contributed by atoms with Gasteiger partial charge < -0.3 is 4.74 Å². The average Bonchev–Trinajstić information content (AvgIpc) is 2.45. The molecule has 0 heterocycles. The maximum atomic E-state index is 12.6. The van der Waals surface area contributed by atoms with Crippen LogP contribution in [-0.4, -0.2) is 5.24 Å². The van der Waals surface area contributed by atoms with Crippen molar-refractivity contribution in [1.82, 2.24) is 0 Å². The number of carbonyl (C=O) groups is 1. The fourth-order valence-corrected chi connectivity index (χ4v) is 1.83. The van der Waals surface area contributed by atoms with Crippen molar-refractivity contribution in [2.75, 3.05) is 0 Å². The summed E-state index contributed by atoms with van der Waals surface area (Å²) in [5, 5.41) is -0.625. The van der Waals surface area contributed by atoms with Gasteiger partial charge in [-0.3, -0.25) is 4.79 Å². The van der Waals surface area contributed by atoms with E-state index >= 15 is 0 Å². The summed E-state index contributed by atoms with van der Waals surface area (Å²) < 4.78 is 43.1. The summed E-state index contributed by atoms with van der Waals surface area (Å²) in [6.07, 6.45) is -4.39. The zero-order chi connectivity index (χ0) is 15.5. The number of rotatable bonds is 4. The third kappa shape index (κ3) is 4.23. The van der Waals surface area contributed by atoms with Gasteiger partial charge in [-0.1, -0.05) is 18.2 Å². The molecule has 0 aromatic heterocycles. The van der Waals surface area contributed by atoms with Gasteiger partial charge in [0.25, 0.3) is 5.24 Å². The normalized spacial score (nSPS) is 11.2. The highest BCUT2D eigenvalue weighted by Gasteiger charge is 2.30. The average molecular weight is 315 g/mol. The molecule has 2 aromatic rings. The topological polar surface area (TPSA) is 26.3 Å². The minimum absolute atomic E-state index is 0.0378. The Morgan fingerprint density at radius 2 is 1.81 bits per heavy atom. The number of hydrogen-bond donors (Lipinski definition) is 0. The summed E-state index contributed by atoms with van der Waals surface area (Å²) >= 11 is 5.34. The first-order chi connectivity index (χ1) is 9.86. The van der Waals surface area contributed by atoms with E-state index in [0.29, 0.717) is 11.3 Å². The number of benzene rings is 2. The number of ether oxygens (including phenoxy) is 1. The summed E-state index contributed by atoms with van der Waals surface area (Å²) in [6, 6.07) is 11.0. The van der Waals surface area contributed by atoms with E-state index in [2.05, 4.69) is 0 Å². The third-order valence-corrected chi connectivity index (χ3v) is 2.94. The van der Waals surface area contributed by atoms with Crippen molar-refractivity contribution in [3.63, 3.8) is 0 Å². The zero-order valence-corrected chi connectivity index (χ0v) is 11.4. The zero-order valence-electron chi connectivity index (χ0n) is 10.7. The molecule has 0 saturated heterocycles. The molecule has 0 N–H and O–H groups in total. The molecular formula is C15H10ClF3O2. The van der Waals surface area contributed by atoms with Gasteiger partial charge in [-0.15, -0.1) is 0 Å². The molecule has 0 amide bonds. The Balaban J connectivity index is 2.10. The van der Waals surface area contributed by atoms with E-state index in [4.69, 9.17) is 16.3 Å². The first-order valence-electron chi connectivity index (χ1n) is 5.95. The lowest BCUT2D eigenvalue weighted by atomic mass is 10.1. The predicted molar refractivity (Wildman–Crippen MR) is 72.4 cm³/mol. The molecule has 0 aliphatic rings. The van der Waals surface area contributed by atoms with Crippen molar-refractivity contribution < 1.29 is 22.7 Å². The highest BCUT2D eigenvalue weighted by atomic mass is 35.5. The first-order valence-corrected chi connectivity index (χ1v) is 6.33. The highest BCUT2D eigenvalue weighted by molar-refractivity contribution is 6.67. The molecule has 0 radical (unpaired) electrons. The summed E-state index contributed by atoms with van der Waals surface area (Å²) in [5.41, 5.74) is -0.0843. The third-order valence-electron chi connectivity index (χ3n) is 2.72. The molecule has 6 heteroatoms. The second kappa shape index (κ2) is 6.18. The minimum Gasteiger partial charge on any atom is -0.489 e. The number of halogens is 4. The van der Waals surface area contributed by atoms with Crippen LogP contribution < -0.4 is 4.74 Å². The van der Waals surface area contributed by atoms with E-state index in [-0.39, 0.29) is 12.2 Å². The van der Waals surface area contributed by atoms with Gasteiger partial charge >= 0.3 is 6.18 Å². The fraction of sp³-hybridized carbons (Fsp3) is 0.133. The Morgan fingerprint density at radius 3 is 2.48 bits per heavy atom.